The van der Waals surface area contributed by atoms with Gasteiger partial charge in [-0.3, -0.25) is 9.69 Å². The van der Waals surface area contributed by atoms with Crippen molar-refractivity contribution >= 4 is 17.5 Å². The maximum absolute atomic E-state index is 11.6. The molecule has 2 aliphatic heterocycles. The first-order valence-corrected chi connectivity index (χ1v) is 8.92. The maximum atomic E-state index is 11.6. The Hall–Kier alpha value is -1.30. The Bertz CT molecular complexity index is 588. The van der Waals surface area contributed by atoms with Crippen molar-refractivity contribution < 1.29 is 14.3 Å². The van der Waals surface area contributed by atoms with Crippen LogP contribution >= 0.6 is 11.6 Å². The van der Waals surface area contributed by atoms with E-state index in [1.165, 1.54) is 0 Å². The molecule has 0 radical (unpaired) electrons. The van der Waals surface area contributed by atoms with Crippen LogP contribution in [-0.2, 0) is 16.1 Å². The van der Waals surface area contributed by atoms with Crippen molar-refractivity contribution in [1.82, 2.24) is 4.90 Å². The number of ether oxygens (including phenoxy) is 2. The van der Waals surface area contributed by atoms with Crippen molar-refractivity contribution in [3.8, 4) is 5.75 Å². The van der Waals surface area contributed by atoms with Crippen molar-refractivity contribution in [3.63, 3.8) is 0 Å². The van der Waals surface area contributed by atoms with E-state index in [1.54, 1.807) is 7.11 Å². The molecule has 0 aromatic heterocycles. The molecule has 24 heavy (non-hydrogen) atoms. The van der Waals surface area contributed by atoms with Gasteiger partial charge in [0.25, 0.3) is 0 Å². The zero-order chi connectivity index (χ0) is 17.1. The van der Waals surface area contributed by atoms with Gasteiger partial charge in [-0.05, 0) is 56.5 Å². The predicted octanol–water partition coefficient (Wildman–Crippen LogP) is 2.45. The molecule has 6 heteroatoms. The van der Waals surface area contributed by atoms with Gasteiger partial charge in [0.2, 0.25) is 5.91 Å². The fourth-order valence-corrected chi connectivity index (χ4v) is 4.13. The summed E-state index contributed by atoms with van der Waals surface area (Å²) in [6.45, 7) is 3.43. The Kier molecular flexibility index (Phi) is 5.64. The number of methoxy groups -OCH3 is 1. The van der Waals surface area contributed by atoms with Crippen molar-refractivity contribution in [2.75, 3.05) is 26.8 Å². The number of carbonyl (C=O) groups excluding carboxylic acids is 1. The minimum atomic E-state index is -0.219. The number of piperidine rings is 1. The van der Waals surface area contributed by atoms with Crippen LogP contribution < -0.4 is 10.5 Å². The molecule has 3 rings (SSSR count). The Labute approximate surface area is 148 Å². The van der Waals surface area contributed by atoms with Gasteiger partial charge in [-0.25, -0.2) is 0 Å². The molecule has 0 unspecified atom stereocenters. The molecule has 0 spiro atoms. The molecule has 132 valence electrons. The molecule has 2 atom stereocenters. The van der Waals surface area contributed by atoms with Gasteiger partial charge < -0.3 is 15.2 Å². The van der Waals surface area contributed by atoms with Crippen molar-refractivity contribution in [2.45, 2.75) is 31.9 Å². The zero-order valence-corrected chi connectivity index (χ0v) is 14.8. The molecule has 1 amide bonds. The average Bonchev–Trinajstić information content (AvgIpc) is 3.06. The maximum Gasteiger partial charge on any atom is 0.223 e. The minimum absolute atomic E-state index is 0.00496. The molecule has 0 saturated carbocycles. The first kappa shape index (κ1) is 17.5. The highest BCUT2D eigenvalue weighted by Crippen LogP contribution is 2.34. The minimum Gasteiger partial charge on any atom is -0.496 e. The third-order valence-electron chi connectivity index (χ3n) is 5.23. The van der Waals surface area contributed by atoms with E-state index in [4.69, 9.17) is 26.8 Å². The Balaban J connectivity index is 1.58. The second-order valence-electron chi connectivity index (χ2n) is 6.70. The monoisotopic (exact) mass is 352 g/mol. The second kappa shape index (κ2) is 7.72. The quantitative estimate of drug-likeness (QED) is 0.884. The van der Waals surface area contributed by atoms with E-state index in [-0.39, 0.29) is 17.9 Å². The van der Waals surface area contributed by atoms with Crippen LogP contribution in [-0.4, -0.2) is 43.7 Å². The van der Waals surface area contributed by atoms with Crippen LogP contribution in [0.3, 0.4) is 0 Å². The summed E-state index contributed by atoms with van der Waals surface area (Å²) in [7, 11) is 1.68. The van der Waals surface area contributed by atoms with Crippen molar-refractivity contribution in [2.24, 2.45) is 17.6 Å². The molecule has 0 aliphatic carbocycles. The molecule has 2 saturated heterocycles. The van der Waals surface area contributed by atoms with Crippen LogP contribution in [0.1, 0.15) is 24.8 Å². The van der Waals surface area contributed by atoms with E-state index in [0.29, 0.717) is 12.5 Å². The molecule has 2 aliphatic rings. The van der Waals surface area contributed by atoms with E-state index >= 15 is 0 Å². The molecule has 2 fully saturated rings. The van der Waals surface area contributed by atoms with E-state index in [0.717, 1.165) is 55.2 Å². The summed E-state index contributed by atoms with van der Waals surface area (Å²) in [6.07, 6.45) is 2.82. The van der Waals surface area contributed by atoms with Gasteiger partial charge in [0.15, 0.2) is 0 Å². The lowest BCUT2D eigenvalue weighted by molar-refractivity contribution is -0.124. The topological polar surface area (TPSA) is 64.8 Å². The van der Waals surface area contributed by atoms with Gasteiger partial charge in [0.1, 0.15) is 5.75 Å². The number of nitrogens with two attached hydrogens (primary N) is 1. The molecule has 2 N–H and O–H groups in total. The standard InChI is InChI=1S/C18H25ClN2O3/c1-23-16-3-2-14(19)10-13(16)11-21-7-4-12(5-8-21)17-15(18(20)22)6-9-24-17/h2-3,10,12,15,17H,4-9,11H2,1H3,(H2,20,22)/t15-,17+/m0/s1. The van der Waals surface area contributed by atoms with Gasteiger partial charge in [-0.1, -0.05) is 11.6 Å². The van der Waals surface area contributed by atoms with Crippen LogP contribution in [0.15, 0.2) is 18.2 Å². The first-order chi connectivity index (χ1) is 11.6. The number of likely N-dealkylation sites (tertiary alicyclic amines) is 1. The van der Waals surface area contributed by atoms with Gasteiger partial charge >= 0.3 is 0 Å². The summed E-state index contributed by atoms with van der Waals surface area (Å²) in [5.74, 6) is 0.954. The molecule has 1 aromatic rings. The number of amides is 1. The number of carbonyl (C=O) groups is 1. The largest absolute Gasteiger partial charge is 0.496 e. The van der Waals surface area contributed by atoms with Gasteiger partial charge in [0, 0.05) is 23.7 Å². The van der Waals surface area contributed by atoms with Crippen LogP contribution in [0.25, 0.3) is 0 Å². The van der Waals surface area contributed by atoms with E-state index in [2.05, 4.69) is 4.90 Å². The molecule has 5 nitrogen and oxygen atoms in total. The Morgan fingerprint density at radius 3 is 2.79 bits per heavy atom. The number of primary amides is 1. The summed E-state index contributed by atoms with van der Waals surface area (Å²) in [4.78, 5) is 14.0. The fourth-order valence-electron chi connectivity index (χ4n) is 3.93. The lowest BCUT2D eigenvalue weighted by atomic mass is 9.84. The number of benzene rings is 1. The number of rotatable bonds is 5. The van der Waals surface area contributed by atoms with Crippen LogP contribution in [0.2, 0.25) is 5.02 Å². The highest BCUT2D eigenvalue weighted by molar-refractivity contribution is 6.30. The number of halogens is 1. The lowest BCUT2D eigenvalue weighted by Gasteiger charge is -2.35. The summed E-state index contributed by atoms with van der Waals surface area (Å²) >= 11 is 6.11. The molecule has 0 bridgehead atoms. The Morgan fingerprint density at radius 2 is 2.12 bits per heavy atom. The summed E-state index contributed by atoms with van der Waals surface area (Å²) in [6, 6.07) is 5.72. The predicted molar refractivity (Wildman–Crippen MR) is 93.0 cm³/mol. The molecular formula is C18H25ClN2O3. The Morgan fingerprint density at radius 1 is 1.38 bits per heavy atom. The second-order valence-corrected chi connectivity index (χ2v) is 7.14. The average molecular weight is 353 g/mol. The highest BCUT2D eigenvalue weighted by Gasteiger charge is 2.39. The van der Waals surface area contributed by atoms with Crippen LogP contribution in [0, 0.1) is 11.8 Å². The van der Waals surface area contributed by atoms with Crippen molar-refractivity contribution in [3.05, 3.63) is 28.8 Å². The van der Waals surface area contributed by atoms with Gasteiger partial charge in [0.05, 0.1) is 19.1 Å². The highest BCUT2D eigenvalue weighted by atomic mass is 35.5. The normalized spacial score (nSPS) is 25.8. The third-order valence-corrected chi connectivity index (χ3v) is 5.47. The summed E-state index contributed by atoms with van der Waals surface area (Å²) in [5, 5.41) is 0.726. The molecule has 1 aromatic carbocycles. The lowest BCUT2D eigenvalue weighted by Crippen LogP contribution is -2.41. The van der Waals surface area contributed by atoms with Gasteiger partial charge in [-0.2, -0.15) is 0 Å². The molecule has 2 heterocycles. The van der Waals surface area contributed by atoms with Crippen molar-refractivity contribution in [1.29, 1.82) is 0 Å². The first-order valence-electron chi connectivity index (χ1n) is 8.54. The third kappa shape index (κ3) is 3.85. The van der Waals surface area contributed by atoms with E-state index in [9.17, 15) is 4.79 Å². The van der Waals surface area contributed by atoms with Gasteiger partial charge in [-0.15, -0.1) is 0 Å². The zero-order valence-electron chi connectivity index (χ0n) is 14.0. The number of hydrogen-bond acceptors (Lipinski definition) is 4. The number of hydrogen-bond donors (Lipinski definition) is 1. The SMILES string of the molecule is COc1ccc(Cl)cc1CN1CCC([C@H]2OCC[C@@H]2C(N)=O)CC1. The smallest absolute Gasteiger partial charge is 0.223 e. The van der Waals surface area contributed by atoms with Crippen LogP contribution in [0.5, 0.6) is 5.75 Å². The summed E-state index contributed by atoms with van der Waals surface area (Å²) < 4.78 is 11.2. The molecular weight excluding hydrogens is 328 g/mol. The van der Waals surface area contributed by atoms with Crippen LogP contribution in [0.4, 0.5) is 0 Å². The van der Waals surface area contributed by atoms with E-state index < -0.39 is 0 Å². The summed E-state index contributed by atoms with van der Waals surface area (Å²) in [5.41, 5.74) is 6.62. The number of nitrogens with zero attached hydrogens (tertiary/aromatic N) is 1. The fraction of sp³-hybridized carbons (Fsp3) is 0.611. The van der Waals surface area contributed by atoms with E-state index in [1.807, 2.05) is 18.2 Å².